The van der Waals surface area contributed by atoms with E-state index in [1.54, 1.807) is 0 Å². The normalized spacial score (nSPS) is 19.8. The summed E-state index contributed by atoms with van der Waals surface area (Å²) in [7, 11) is 0. The predicted molar refractivity (Wildman–Crippen MR) is 74.7 cm³/mol. The van der Waals surface area contributed by atoms with E-state index in [1.165, 1.54) is 30.4 Å². The van der Waals surface area contributed by atoms with Gasteiger partial charge in [-0.05, 0) is 42.4 Å². The van der Waals surface area contributed by atoms with E-state index in [2.05, 4.69) is 32.0 Å². The first kappa shape index (κ1) is 12.9. The van der Waals surface area contributed by atoms with Crippen molar-refractivity contribution in [2.24, 2.45) is 5.73 Å². The zero-order chi connectivity index (χ0) is 12.5. The monoisotopic (exact) mass is 251 g/mol. The average molecular weight is 252 g/mol. The molecule has 0 bridgehead atoms. The van der Waals surface area contributed by atoms with Gasteiger partial charge >= 0.3 is 0 Å². The summed E-state index contributed by atoms with van der Waals surface area (Å²) in [5.41, 5.74) is 8.76. The lowest BCUT2D eigenvalue weighted by atomic mass is 9.64. The molecule has 1 saturated carbocycles. The fraction of sp³-hybridized carbons (Fsp3) is 0.600. The highest BCUT2D eigenvalue weighted by atomic mass is 35.5. The average Bonchev–Trinajstić information content (AvgIpc) is 2.28. The highest BCUT2D eigenvalue weighted by molar-refractivity contribution is 6.31. The summed E-state index contributed by atoms with van der Waals surface area (Å²) in [5.74, 6) is 0.534. The minimum atomic E-state index is 0.220. The van der Waals surface area contributed by atoms with E-state index in [9.17, 15) is 0 Å². The van der Waals surface area contributed by atoms with Crippen molar-refractivity contribution in [1.82, 2.24) is 0 Å². The van der Waals surface area contributed by atoms with Crippen molar-refractivity contribution in [2.75, 3.05) is 6.54 Å². The maximum absolute atomic E-state index is 6.41. The molecule has 94 valence electrons. The number of hydrogen-bond acceptors (Lipinski definition) is 1. The molecule has 2 N–H and O–H groups in total. The molecule has 1 fully saturated rings. The summed E-state index contributed by atoms with van der Waals surface area (Å²) in [6.07, 6.45) is 4.84. The molecular formula is C15H22ClN. The molecule has 0 amide bonds. The van der Waals surface area contributed by atoms with Gasteiger partial charge < -0.3 is 5.73 Å². The number of halogens is 1. The van der Waals surface area contributed by atoms with Crippen molar-refractivity contribution in [3.8, 4) is 0 Å². The predicted octanol–water partition coefficient (Wildman–Crippen LogP) is 4.23. The lowest BCUT2D eigenvalue weighted by molar-refractivity contribution is 0.253. The Morgan fingerprint density at radius 2 is 2.12 bits per heavy atom. The Morgan fingerprint density at radius 3 is 2.53 bits per heavy atom. The van der Waals surface area contributed by atoms with Gasteiger partial charge in [0.1, 0.15) is 0 Å². The zero-order valence-electron chi connectivity index (χ0n) is 10.8. The molecule has 1 aliphatic rings. The van der Waals surface area contributed by atoms with Gasteiger partial charge in [0.15, 0.2) is 0 Å². The fourth-order valence-corrected chi connectivity index (χ4v) is 3.06. The Morgan fingerprint density at radius 1 is 1.41 bits per heavy atom. The molecule has 1 unspecified atom stereocenters. The Bertz CT molecular complexity index is 390. The van der Waals surface area contributed by atoms with Crippen LogP contribution in [0.5, 0.6) is 0 Å². The van der Waals surface area contributed by atoms with Crippen LogP contribution in [-0.2, 0) is 5.41 Å². The fourth-order valence-electron chi connectivity index (χ4n) is 2.69. The van der Waals surface area contributed by atoms with Crippen molar-refractivity contribution < 1.29 is 0 Å². The van der Waals surface area contributed by atoms with Gasteiger partial charge in [0.2, 0.25) is 0 Å². The molecule has 2 heteroatoms. The molecule has 1 aliphatic carbocycles. The van der Waals surface area contributed by atoms with Gasteiger partial charge in [0.05, 0.1) is 0 Å². The summed E-state index contributed by atoms with van der Waals surface area (Å²) < 4.78 is 0. The van der Waals surface area contributed by atoms with E-state index in [-0.39, 0.29) is 5.41 Å². The van der Waals surface area contributed by atoms with Gasteiger partial charge in [-0.2, -0.15) is 0 Å². The summed E-state index contributed by atoms with van der Waals surface area (Å²) in [6, 6.07) is 6.58. The third-order valence-corrected chi connectivity index (χ3v) is 4.78. The number of benzene rings is 1. The first-order valence-corrected chi connectivity index (χ1v) is 7.01. The SMILES string of the molecule is CCC(C)c1ccc(C2(CN)CCC2)cc1Cl. The van der Waals surface area contributed by atoms with E-state index in [1.807, 2.05) is 0 Å². The molecule has 0 radical (unpaired) electrons. The number of rotatable bonds is 4. The maximum atomic E-state index is 6.41. The molecule has 2 rings (SSSR count). The molecule has 1 atom stereocenters. The summed E-state index contributed by atoms with van der Waals surface area (Å²) in [5, 5.41) is 0.913. The highest BCUT2D eigenvalue weighted by Crippen LogP contribution is 2.44. The lowest BCUT2D eigenvalue weighted by Crippen LogP contribution is -2.41. The summed E-state index contributed by atoms with van der Waals surface area (Å²) in [4.78, 5) is 0. The van der Waals surface area contributed by atoms with Crippen LogP contribution in [0.2, 0.25) is 5.02 Å². The van der Waals surface area contributed by atoms with Crippen LogP contribution >= 0.6 is 11.6 Å². The Labute approximate surface area is 109 Å². The Hall–Kier alpha value is -0.530. The molecule has 1 aromatic rings. The topological polar surface area (TPSA) is 26.0 Å². The molecule has 0 spiro atoms. The number of nitrogens with two attached hydrogens (primary N) is 1. The van der Waals surface area contributed by atoms with E-state index < -0.39 is 0 Å². The maximum Gasteiger partial charge on any atom is 0.0443 e. The summed E-state index contributed by atoms with van der Waals surface area (Å²) in [6.45, 7) is 5.16. The van der Waals surface area contributed by atoms with Crippen molar-refractivity contribution in [3.05, 3.63) is 34.3 Å². The zero-order valence-corrected chi connectivity index (χ0v) is 11.6. The van der Waals surface area contributed by atoms with Crippen LogP contribution in [0.15, 0.2) is 18.2 Å². The molecule has 0 saturated heterocycles. The van der Waals surface area contributed by atoms with E-state index in [4.69, 9.17) is 17.3 Å². The van der Waals surface area contributed by atoms with E-state index in [0.717, 1.165) is 18.0 Å². The second-order valence-corrected chi connectivity index (χ2v) is 5.79. The van der Waals surface area contributed by atoms with Gasteiger partial charge in [-0.3, -0.25) is 0 Å². The largest absolute Gasteiger partial charge is 0.330 e. The molecule has 0 heterocycles. The van der Waals surface area contributed by atoms with Crippen LogP contribution in [0, 0.1) is 0 Å². The third kappa shape index (κ3) is 2.23. The smallest absolute Gasteiger partial charge is 0.0443 e. The van der Waals surface area contributed by atoms with Crippen molar-refractivity contribution >= 4 is 11.6 Å². The lowest BCUT2D eigenvalue weighted by Gasteiger charge is -2.41. The molecule has 0 aliphatic heterocycles. The molecule has 0 aromatic heterocycles. The molecular weight excluding hydrogens is 230 g/mol. The van der Waals surface area contributed by atoms with Crippen molar-refractivity contribution in [2.45, 2.75) is 50.9 Å². The van der Waals surface area contributed by atoms with Crippen LogP contribution in [0.25, 0.3) is 0 Å². The van der Waals surface area contributed by atoms with E-state index in [0.29, 0.717) is 5.92 Å². The van der Waals surface area contributed by atoms with Crippen LogP contribution in [0.3, 0.4) is 0 Å². The minimum Gasteiger partial charge on any atom is -0.330 e. The standard InChI is InChI=1S/C15H22ClN/c1-3-11(2)13-6-5-12(9-14(13)16)15(10-17)7-4-8-15/h5-6,9,11H,3-4,7-8,10,17H2,1-2H3. The highest BCUT2D eigenvalue weighted by Gasteiger charge is 2.37. The van der Waals surface area contributed by atoms with Gasteiger partial charge in [0, 0.05) is 17.0 Å². The molecule has 1 nitrogen and oxygen atoms in total. The van der Waals surface area contributed by atoms with Crippen molar-refractivity contribution in [1.29, 1.82) is 0 Å². The van der Waals surface area contributed by atoms with Gasteiger partial charge in [0.25, 0.3) is 0 Å². The van der Waals surface area contributed by atoms with Gasteiger partial charge in [-0.15, -0.1) is 0 Å². The Kier molecular flexibility index (Phi) is 3.79. The van der Waals surface area contributed by atoms with Crippen LogP contribution in [-0.4, -0.2) is 6.54 Å². The second kappa shape index (κ2) is 4.99. The van der Waals surface area contributed by atoms with Gasteiger partial charge in [-0.1, -0.05) is 44.0 Å². The van der Waals surface area contributed by atoms with Crippen LogP contribution < -0.4 is 5.73 Å². The van der Waals surface area contributed by atoms with Crippen LogP contribution in [0.4, 0.5) is 0 Å². The molecule has 1 aromatic carbocycles. The van der Waals surface area contributed by atoms with Crippen molar-refractivity contribution in [3.63, 3.8) is 0 Å². The molecule has 17 heavy (non-hydrogen) atoms. The second-order valence-electron chi connectivity index (χ2n) is 5.38. The number of hydrogen-bond donors (Lipinski definition) is 1. The first-order chi connectivity index (χ1) is 8.13. The first-order valence-electron chi connectivity index (χ1n) is 6.63. The third-order valence-electron chi connectivity index (χ3n) is 4.46. The van der Waals surface area contributed by atoms with Gasteiger partial charge in [-0.25, -0.2) is 0 Å². The van der Waals surface area contributed by atoms with Crippen LogP contribution in [0.1, 0.15) is 56.6 Å². The minimum absolute atomic E-state index is 0.220. The Balaban J connectivity index is 2.30. The van der Waals surface area contributed by atoms with E-state index >= 15 is 0 Å². The summed E-state index contributed by atoms with van der Waals surface area (Å²) >= 11 is 6.41. The quantitative estimate of drug-likeness (QED) is 0.851.